The fourth-order valence-electron chi connectivity index (χ4n) is 2.12. The van der Waals surface area contributed by atoms with E-state index in [0.29, 0.717) is 12.1 Å². The number of aliphatic hydroxyl groups is 1. The van der Waals surface area contributed by atoms with Gasteiger partial charge >= 0.3 is 0 Å². The number of halogens is 1. The molecule has 0 amide bonds. The molecule has 1 saturated heterocycles. The predicted octanol–water partition coefficient (Wildman–Crippen LogP) is 1.65. The van der Waals surface area contributed by atoms with Crippen LogP contribution in [-0.2, 0) is 6.54 Å². The van der Waals surface area contributed by atoms with Crippen LogP contribution in [0.3, 0.4) is 0 Å². The van der Waals surface area contributed by atoms with Gasteiger partial charge in [-0.3, -0.25) is 4.90 Å². The second-order valence-corrected chi connectivity index (χ2v) is 4.42. The smallest absolute Gasteiger partial charge is 0.123 e. The summed E-state index contributed by atoms with van der Waals surface area (Å²) in [5.41, 5.74) is 1.25. The average molecular weight is 234 g/mol. The molecule has 0 aromatic heterocycles. The van der Waals surface area contributed by atoms with Gasteiger partial charge in [-0.15, -0.1) is 0 Å². The minimum atomic E-state index is -0.309. The van der Waals surface area contributed by atoms with E-state index in [1.54, 1.807) is 0 Å². The Morgan fingerprint density at radius 1 is 1.41 bits per heavy atom. The van der Waals surface area contributed by atoms with Crippen LogP contribution in [0.4, 0.5) is 4.39 Å². The maximum Gasteiger partial charge on any atom is 0.123 e. The lowest BCUT2D eigenvalue weighted by molar-refractivity contribution is 0.0791. The van der Waals surface area contributed by atoms with Gasteiger partial charge in [0, 0.05) is 19.6 Å². The monoisotopic (exact) mass is 234 g/mol. The third-order valence-corrected chi connectivity index (χ3v) is 3.14. The molecule has 4 heteroatoms. The van der Waals surface area contributed by atoms with Crippen LogP contribution < -0.4 is 0 Å². The first-order valence-corrected chi connectivity index (χ1v) is 5.78. The van der Waals surface area contributed by atoms with Crippen LogP contribution in [0, 0.1) is 17.1 Å². The zero-order valence-electron chi connectivity index (χ0n) is 9.56. The van der Waals surface area contributed by atoms with Crippen molar-refractivity contribution in [3.8, 4) is 6.07 Å². The maximum atomic E-state index is 13.1. The Balaban J connectivity index is 2.08. The number of benzene rings is 1. The Hall–Kier alpha value is -1.44. The van der Waals surface area contributed by atoms with Gasteiger partial charge in [0.25, 0.3) is 0 Å². The fraction of sp³-hybridized carbons (Fsp3) is 0.462. The zero-order valence-corrected chi connectivity index (χ0v) is 9.56. The van der Waals surface area contributed by atoms with Crippen molar-refractivity contribution in [2.24, 2.45) is 0 Å². The van der Waals surface area contributed by atoms with E-state index in [-0.39, 0.29) is 11.9 Å². The highest BCUT2D eigenvalue weighted by molar-refractivity contribution is 5.37. The van der Waals surface area contributed by atoms with Gasteiger partial charge in [0.2, 0.25) is 0 Å². The molecule has 0 atom stereocenters. The van der Waals surface area contributed by atoms with Crippen molar-refractivity contribution < 1.29 is 9.50 Å². The van der Waals surface area contributed by atoms with Crippen LogP contribution >= 0.6 is 0 Å². The van der Waals surface area contributed by atoms with E-state index in [2.05, 4.69) is 11.0 Å². The quantitative estimate of drug-likeness (QED) is 0.846. The number of piperidine rings is 1. The number of aliphatic hydroxyl groups excluding tert-OH is 1. The van der Waals surface area contributed by atoms with E-state index in [0.717, 1.165) is 31.5 Å². The molecular weight excluding hydrogens is 219 g/mol. The molecule has 1 heterocycles. The Labute approximate surface area is 100 Å². The Bertz CT molecular complexity index is 434. The predicted molar refractivity (Wildman–Crippen MR) is 61.6 cm³/mol. The average Bonchev–Trinajstić information content (AvgIpc) is 2.32. The van der Waals surface area contributed by atoms with Crippen molar-refractivity contribution in [3.63, 3.8) is 0 Å². The summed E-state index contributed by atoms with van der Waals surface area (Å²) in [6, 6.07) is 6.32. The lowest BCUT2D eigenvalue weighted by atomic mass is 10.0. The summed E-state index contributed by atoms with van der Waals surface area (Å²) in [5, 5.41) is 18.3. The molecule has 1 fully saturated rings. The Morgan fingerprint density at radius 3 is 2.76 bits per heavy atom. The SMILES string of the molecule is N#Cc1ccc(F)cc1CN1CCC(O)CC1. The molecule has 0 spiro atoms. The molecule has 1 aliphatic rings. The second kappa shape index (κ2) is 5.26. The van der Waals surface area contributed by atoms with Crippen molar-refractivity contribution >= 4 is 0 Å². The zero-order chi connectivity index (χ0) is 12.3. The van der Waals surface area contributed by atoms with E-state index in [1.165, 1.54) is 18.2 Å². The highest BCUT2D eigenvalue weighted by Crippen LogP contribution is 2.17. The lowest BCUT2D eigenvalue weighted by Gasteiger charge is -2.29. The summed E-state index contributed by atoms with van der Waals surface area (Å²) >= 11 is 0. The van der Waals surface area contributed by atoms with E-state index < -0.39 is 0 Å². The van der Waals surface area contributed by atoms with Crippen LogP contribution in [0.15, 0.2) is 18.2 Å². The fourth-order valence-corrected chi connectivity index (χ4v) is 2.12. The highest BCUT2D eigenvalue weighted by Gasteiger charge is 2.18. The van der Waals surface area contributed by atoms with E-state index in [4.69, 9.17) is 5.26 Å². The molecule has 1 aromatic rings. The van der Waals surface area contributed by atoms with E-state index >= 15 is 0 Å². The van der Waals surface area contributed by atoms with Crippen LogP contribution in [0.25, 0.3) is 0 Å². The third kappa shape index (κ3) is 3.02. The first-order valence-electron chi connectivity index (χ1n) is 5.78. The van der Waals surface area contributed by atoms with Gasteiger partial charge in [-0.2, -0.15) is 5.26 Å². The topological polar surface area (TPSA) is 47.3 Å². The summed E-state index contributed by atoms with van der Waals surface area (Å²) in [6.07, 6.45) is 1.28. The molecular formula is C13H15FN2O. The number of rotatable bonds is 2. The van der Waals surface area contributed by atoms with Gasteiger partial charge < -0.3 is 5.11 Å². The van der Waals surface area contributed by atoms with Crippen molar-refractivity contribution in [3.05, 3.63) is 35.1 Å². The summed E-state index contributed by atoms with van der Waals surface area (Å²) in [5.74, 6) is -0.309. The minimum absolute atomic E-state index is 0.214. The van der Waals surface area contributed by atoms with Crippen molar-refractivity contribution in [1.82, 2.24) is 4.90 Å². The van der Waals surface area contributed by atoms with Crippen molar-refractivity contribution in [1.29, 1.82) is 5.26 Å². The summed E-state index contributed by atoms with van der Waals surface area (Å²) in [6.45, 7) is 2.17. The first-order chi connectivity index (χ1) is 8.19. The Morgan fingerprint density at radius 2 is 2.12 bits per heavy atom. The van der Waals surface area contributed by atoms with Crippen LogP contribution in [0.5, 0.6) is 0 Å². The lowest BCUT2D eigenvalue weighted by Crippen LogP contribution is -2.35. The van der Waals surface area contributed by atoms with Gasteiger partial charge in [-0.05, 0) is 36.6 Å². The molecule has 0 bridgehead atoms. The molecule has 3 nitrogen and oxygen atoms in total. The molecule has 0 saturated carbocycles. The molecule has 1 aliphatic heterocycles. The molecule has 1 aromatic carbocycles. The number of nitrogens with zero attached hydrogens (tertiary/aromatic N) is 2. The normalized spacial score (nSPS) is 17.9. The van der Waals surface area contributed by atoms with Crippen molar-refractivity contribution in [2.75, 3.05) is 13.1 Å². The van der Waals surface area contributed by atoms with Gasteiger partial charge in [-0.1, -0.05) is 0 Å². The van der Waals surface area contributed by atoms with Gasteiger partial charge in [0.05, 0.1) is 17.7 Å². The molecule has 1 N–H and O–H groups in total. The highest BCUT2D eigenvalue weighted by atomic mass is 19.1. The Kier molecular flexibility index (Phi) is 3.72. The van der Waals surface area contributed by atoms with Gasteiger partial charge in [0.15, 0.2) is 0 Å². The number of nitriles is 1. The summed E-state index contributed by atoms with van der Waals surface area (Å²) < 4.78 is 13.1. The van der Waals surface area contributed by atoms with E-state index in [1.807, 2.05) is 0 Å². The van der Waals surface area contributed by atoms with Crippen LogP contribution in [0.2, 0.25) is 0 Å². The second-order valence-electron chi connectivity index (χ2n) is 4.42. The van der Waals surface area contributed by atoms with Gasteiger partial charge in [-0.25, -0.2) is 4.39 Å². The summed E-state index contributed by atoms with van der Waals surface area (Å²) in [7, 11) is 0. The number of likely N-dealkylation sites (tertiary alicyclic amines) is 1. The number of hydrogen-bond acceptors (Lipinski definition) is 3. The molecule has 2 rings (SSSR count). The first kappa shape index (κ1) is 12.0. The van der Waals surface area contributed by atoms with Crippen LogP contribution in [-0.4, -0.2) is 29.2 Å². The van der Waals surface area contributed by atoms with E-state index in [9.17, 15) is 9.50 Å². The molecule has 0 aliphatic carbocycles. The maximum absolute atomic E-state index is 13.1. The minimum Gasteiger partial charge on any atom is -0.393 e. The van der Waals surface area contributed by atoms with Crippen molar-refractivity contribution in [2.45, 2.75) is 25.5 Å². The largest absolute Gasteiger partial charge is 0.393 e. The summed E-state index contributed by atoms with van der Waals surface area (Å²) in [4.78, 5) is 2.14. The molecule has 17 heavy (non-hydrogen) atoms. The van der Waals surface area contributed by atoms with Crippen LogP contribution in [0.1, 0.15) is 24.0 Å². The molecule has 90 valence electrons. The third-order valence-electron chi connectivity index (χ3n) is 3.14. The van der Waals surface area contributed by atoms with Gasteiger partial charge in [0.1, 0.15) is 5.82 Å². The number of hydrogen-bond donors (Lipinski definition) is 1. The standard InChI is InChI=1S/C13H15FN2O/c14-12-2-1-10(8-15)11(7-12)9-16-5-3-13(17)4-6-16/h1-2,7,13,17H,3-6,9H2. The molecule has 0 unspecified atom stereocenters. The molecule has 0 radical (unpaired) electrons.